The molecule has 2 aromatic carbocycles. The minimum absolute atomic E-state index is 0.00487. The van der Waals surface area contributed by atoms with Gasteiger partial charge in [0.15, 0.2) is 5.82 Å². The molecule has 0 saturated heterocycles. The number of benzene rings is 2. The van der Waals surface area contributed by atoms with E-state index in [9.17, 15) is 9.18 Å². The van der Waals surface area contributed by atoms with E-state index in [1.807, 2.05) is 6.07 Å². The molecule has 158 valence electrons. The monoisotopic (exact) mass is 431 g/mol. The van der Waals surface area contributed by atoms with Gasteiger partial charge in [-0.2, -0.15) is 0 Å². The van der Waals surface area contributed by atoms with Crippen LogP contribution in [-0.2, 0) is 11.3 Å². The van der Waals surface area contributed by atoms with E-state index in [-0.39, 0.29) is 23.2 Å². The van der Waals surface area contributed by atoms with Gasteiger partial charge in [-0.15, -0.1) is 0 Å². The number of hydrogen-bond acceptors (Lipinski definition) is 6. The van der Waals surface area contributed by atoms with Crippen molar-refractivity contribution in [2.24, 2.45) is 5.73 Å². The zero-order valence-corrected chi connectivity index (χ0v) is 17.9. The largest absolute Gasteiger partial charge is 0.496 e. The molecule has 0 atom stereocenters. The molecule has 30 heavy (non-hydrogen) atoms. The molecule has 3 aromatic rings. The highest BCUT2D eigenvalue weighted by molar-refractivity contribution is 6.31. The molecule has 1 heterocycles. The van der Waals surface area contributed by atoms with E-state index in [1.165, 1.54) is 17.3 Å². The summed E-state index contributed by atoms with van der Waals surface area (Å²) in [5.41, 5.74) is 6.45. The maximum absolute atomic E-state index is 14.3. The molecule has 0 fully saturated rings. The van der Waals surface area contributed by atoms with Crippen LogP contribution in [0.3, 0.4) is 0 Å². The Balaban J connectivity index is 2.04. The molecular weight excluding hydrogens is 409 g/mol. The van der Waals surface area contributed by atoms with Gasteiger partial charge in [-0.05, 0) is 32.0 Å². The fourth-order valence-corrected chi connectivity index (χ4v) is 3.26. The van der Waals surface area contributed by atoms with Crippen LogP contribution in [0.5, 0.6) is 5.75 Å². The summed E-state index contributed by atoms with van der Waals surface area (Å²) < 4.78 is 19.8. The first-order valence-electron chi connectivity index (χ1n) is 9.19. The zero-order chi connectivity index (χ0) is 22.1. The van der Waals surface area contributed by atoms with Crippen molar-refractivity contribution in [3.63, 3.8) is 0 Å². The lowest BCUT2D eigenvalue weighted by atomic mass is 10.0. The standard InChI is InChI=1S/C21H23ClFN5O2/c1-21(2,24)20(29)28(3)10-12-8-13-16(9-17(12)30-4)25-11-26-19(13)27-15-7-5-6-14(22)18(15)23/h5-9,11H,10,24H2,1-4H3,(H,25,26,27). The van der Waals surface area contributed by atoms with Crippen molar-refractivity contribution in [2.45, 2.75) is 25.9 Å². The van der Waals surface area contributed by atoms with Crippen LogP contribution in [0.15, 0.2) is 36.7 Å². The lowest BCUT2D eigenvalue weighted by Crippen LogP contribution is -2.49. The van der Waals surface area contributed by atoms with Crippen LogP contribution in [0.1, 0.15) is 19.4 Å². The number of carbonyl (C=O) groups is 1. The fraction of sp³-hybridized carbons (Fsp3) is 0.286. The topological polar surface area (TPSA) is 93.4 Å². The van der Waals surface area contributed by atoms with Gasteiger partial charge in [-0.1, -0.05) is 17.7 Å². The number of hydrogen-bond donors (Lipinski definition) is 2. The highest BCUT2D eigenvalue weighted by atomic mass is 35.5. The van der Waals surface area contributed by atoms with Crippen molar-refractivity contribution in [3.8, 4) is 5.75 Å². The average molecular weight is 432 g/mol. The normalized spacial score (nSPS) is 11.4. The first kappa shape index (κ1) is 21.7. The van der Waals surface area contributed by atoms with E-state index in [0.29, 0.717) is 22.5 Å². The van der Waals surface area contributed by atoms with Crippen molar-refractivity contribution in [3.05, 3.63) is 53.1 Å². The first-order valence-corrected chi connectivity index (χ1v) is 9.56. The number of nitrogens with zero attached hydrogens (tertiary/aromatic N) is 3. The lowest BCUT2D eigenvalue weighted by molar-refractivity contribution is -0.135. The maximum Gasteiger partial charge on any atom is 0.242 e. The zero-order valence-electron chi connectivity index (χ0n) is 17.2. The number of carbonyl (C=O) groups excluding carboxylic acids is 1. The summed E-state index contributed by atoms with van der Waals surface area (Å²) in [7, 11) is 3.21. The molecule has 3 rings (SSSR count). The molecule has 0 bridgehead atoms. The second kappa shape index (κ2) is 8.41. The number of amides is 1. The molecule has 0 radical (unpaired) electrons. The highest BCUT2D eigenvalue weighted by Crippen LogP contribution is 2.32. The van der Waals surface area contributed by atoms with Crippen LogP contribution < -0.4 is 15.8 Å². The van der Waals surface area contributed by atoms with Crippen LogP contribution in [0.25, 0.3) is 10.9 Å². The second-order valence-corrected chi connectivity index (χ2v) is 7.92. The molecular formula is C21H23ClFN5O2. The van der Waals surface area contributed by atoms with Gasteiger partial charge in [-0.3, -0.25) is 4.79 Å². The van der Waals surface area contributed by atoms with E-state index in [2.05, 4.69) is 15.3 Å². The Morgan fingerprint density at radius 1 is 1.33 bits per heavy atom. The van der Waals surface area contributed by atoms with Gasteiger partial charge in [0, 0.05) is 30.6 Å². The fourth-order valence-electron chi connectivity index (χ4n) is 3.09. The molecule has 0 spiro atoms. The summed E-state index contributed by atoms with van der Waals surface area (Å²) in [5.74, 6) is 0.178. The molecule has 1 amide bonds. The molecule has 1 aromatic heterocycles. The van der Waals surface area contributed by atoms with E-state index in [0.717, 1.165) is 5.56 Å². The average Bonchev–Trinajstić information content (AvgIpc) is 2.70. The summed E-state index contributed by atoms with van der Waals surface area (Å²) in [6, 6.07) is 8.23. The number of fused-ring (bicyclic) bond motifs is 1. The summed E-state index contributed by atoms with van der Waals surface area (Å²) in [6.07, 6.45) is 1.37. The number of likely N-dealkylation sites (N-methyl/N-ethyl adjacent to an activating group) is 1. The molecule has 0 aliphatic rings. The summed E-state index contributed by atoms with van der Waals surface area (Å²) in [5, 5.41) is 3.61. The van der Waals surface area contributed by atoms with Crippen LogP contribution in [0.4, 0.5) is 15.9 Å². The number of halogens is 2. The van der Waals surface area contributed by atoms with Gasteiger partial charge in [-0.25, -0.2) is 14.4 Å². The van der Waals surface area contributed by atoms with Crippen LogP contribution >= 0.6 is 11.6 Å². The highest BCUT2D eigenvalue weighted by Gasteiger charge is 2.26. The minimum Gasteiger partial charge on any atom is -0.496 e. The number of aromatic nitrogens is 2. The number of methoxy groups -OCH3 is 1. The molecule has 0 unspecified atom stereocenters. The van der Waals surface area contributed by atoms with Gasteiger partial charge in [0.25, 0.3) is 0 Å². The summed E-state index contributed by atoms with van der Waals surface area (Å²) >= 11 is 5.87. The maximum atomic E-state index is 14.3. The van der Waals surface area contributed by atoms with Gasteiger partial charge < -0.3 is 20.7 Å². The minimum atomic E-state index is -1.00. The number of anilines is 2. The third-order valence-electron chi connectivity index (χ3n) is 4.55. The van der Waals surface area contributed by atoms with Gasteiger partial charge in [0.1, 0.15) is 17.9 Å². The van der Waals surface area contributed by atoms with Gasteiger partial charge >= 0.3 is 0 Å². The van der Waals surface area contributed by atoms with Crippen LogP contribution in [0, 0.1) is 5.82 Å². The van der Waals surface area contributed by atoms with E-state index in [4.69, 9.17) is 22.1 Å². The first-order chi connectivity index (χ1) is 14.1. The third kappa shape index (κ3) is 4.44. The molecule has 0 saturated carbocycles. The number of ether oxygens (including phenoxy) is 1. The third-order valence-corrected chi connectivity index (χ3v) is 4.84. The number of nitrogens with two attached hydrogens (primary N) is 1. The molecule has 0 aliphatic heterocycles. The van der Waals surface area contributed by atoms with E-state index >= 15 is 0 Å². The molecule has 3 N–H and O–H groups in total. The van der Waals surface area contributed by atoms with Crippen molar-refractivity contribution in [1.82, 2.24) is 14.9 Å². The Bertz CT molecular complexity index is 1100. The number of rotatable bonds is 6. The smallest absolute Gasteiger partial charge is 0.242 e. The molecule has 0 aliphatic carbocycles. The Kier molecular flexibility index (Phi) is 6.09. The Morgan fingerprint density at radius 2 is 2.07 bits per heavy atom. The molecule has 7 nitrogen and oxygen atoms in total. The number of nitrogens with one attached hydrogen (secondary N) is 1. The summed E-state index contributed by atoms with van der Waals surface area (Å²) in [6.45, 7) is 3.57. The van der Waals surface area contributed by atoms with Crippen LogP contribution in [0.2, 0.25) is 5.02 Å². The predicted octanol–water partition coefficient (Wildman–Crippen LogP) is 3.87. The van der Waals surface area contributed by atoms with E-state index < -0.39 is 11.4 Å². The Labute approximate surface area is 179 Å². The quantitative estimate of drug-likeness (QED) is 0.615. The van der Waals surface area contributed by atoms with Gasteiger partial charge in [0.05, 0.1) is 28.9 Å². The second-order valence-electron chi connectivity index (χ2n) is 7.51. The van der Waals surface area contributed by atoms with E-state index in [1.54, 1.807) is 46.2 Å². The van der Waals surface area contributed by atoms with Crippen molar-refractivity contribution in [1.29, 1.82) is 0 Å². The van der Waals surface area contributed by atoms with Crippen molar-refractivity contribution in [2.75, 3.05) is 19.5 Å². The van der Waals surface area contributed by atoms with Gasteiger partial charge in [0.2, 0.25) is 5.91 Å². The predicted molar refractivity (Wildman–Crippen MR) is 116 cm³/mol. The summed E-state index contributed by atoms with van der Waals surface area (Å²) in [4.78, 5) is 22.5. The lowest BCUT2D eigenvalue weighted by Gasteiger charge is -2.26. The van der Waals surface area contributed by atoms with Crippen molar-refractivity contribution >= 4 is 39.9 Å². The molecule has 9 heteroatoms. The van der Waals surface area contributed by atoms with Crippen molar-refractivity contribution < 1.29 is 13.9 Å². The van der Waals surface area contributed by atoms with Crippen LogP contribution in [-0.4, -0.2) is 40.5 Å². The SMILES string of the molecule is COc1cc2ncnc(Nc3cccc(Cl)c3F)c2cc1CN(C)C(=O)C(C)(C)N. The Hall–Kier alpha value is -2.97. The Morgan fingerprint density at radius 3 is 2.73 bits per heavy atom.